The highest BCUT2D eigenvalue weighted by molar-refractivity contribution is 5.79. The van der Waals surface area contributed by atoms with Crippen LogP contribution < -0.4 is 10.1 Å². The van der Waals surface area contributed by atoms with E-state index in [0.29, 0.717) is 26.1 Å². The molecule has 1 fully saturated rings. The lowest BCUT2D eigenvalue weighted by molar-refractivity contribution is -0.133. The van der Waals surface area contributed by atoms with Crippen LogP contribution in [-0.4, -0.2) is 64.9 Å². The Morgan fingerprint density at radius 1 is 0.978 bits per heavy atom. The summed E-state index contributed by atoms with van der Waals surface area (Å²) in [6.45, 7) is 8.25. The zero-order valence-electron chi connectivity index (χ0n) is 27.4. The first-order chi connectivity index (χ1) is 22.2. The molecule has 0 spiro atoms. The topological polar surface area (TPSA) is 94.9 Å². The van der Waals surface area contributed by atoms with Crippen molar-refractivity contribution in [2.75, 3.05) is 26.8 Å². The third-order valence-corrected chi connectivity index (χ3v) is 8.08. The number of aryl methyl sites for hydroxylation is 1. The molecule has 1 aliphatic heterocycles. The zero-order valence-corrected chi connectivity index (χ0v) is 27.4. The van der Waals surface area contributed by atoms with Crippen molar-refractivity contribution in [1.29, 1.82) is 0 Å². The molecule has 5 rings (SSSR count). The van der Waals surface area contributed by atoms with E-state index >= 15 is 0 Å². The number of nitrogens with one attached hydrogen (secondary N) is 1. The van der Waals surface area contributed by atoms with Gasteiger partial charge in [-0.05, 0) is 88.4 Å². The lowest BCUT2D eigenvalue weighted by atomic mass is 9.95. The maximum atomic E-state index is 13.8. The summed E-state index contributed by atoms with van der Waals surface area (Å²) in [7, 11) is 1.72. The van der Waals surface area contributed by atoms with Gasteiger partial charge in [-0.2, -0.15) is 0 Å². The number of nitrogens with zero attached hydrogens (tertiary/aromatic N) is 3. The normalized spacial score (nSPS) is 15.8. The number of aromatic nitrogens is 2. The number of imidazole rings is 1. The molecule has 9 nitrogen and oxygen atoms in total. The number of hydrogen-bond donors (Lipinski definition) is 1. The van der Waals surface area contributed by atoms with Crippen LogP contribution in [0.1, 0.15) is 63.8 Å². The third-order valence-electron chi connectivity index (χ3n) is 8.08. The quantitative estimate of drug-likeness (QED) is 0.169. The minimum Gasteiger partial charge on any atom is -0.457 e. The molecule has 2 amide bonds. The predicted octanol–water partition coefficient (Wildman–Crippen LogP) is 7.10. The molecule has 1 aromatic heterocycles. The van der Waals surface area contributed by atoms with Crippen molar-refractivity contribution >= 4 is 23.0 Å². The molecule has 46 heavy (non-hydrogen) atoms. The first-order valence-corrected chi connectivity index (χ1v) is 16.2. The highest BCUT2D eigenvalue weighted by atomic mass is 16.6. The molecule has 9 heteroatoms. The van der Waals surface area contributed by atoms with Crippen LogP contribution in [0, 0.1) is 0 Å². The van der Waals surface area contributed by atoms with Crippen LogP contribution in [0.25, 0.3) is 11.0 Å². The van der Waals surface area contributed by atoms with Crippen molar-refractivity contribution in [1.82, 2.24) is 19.8 Å². The first-order valence-electron chi connectivity index (χ1n) is 16.2. The van der Waals surface area contributed by atoms with Crippen molar-refractivity contribution < 1.29 is 23.8 Å². The summed E-state index contributed by atoms with van der Waals surface area (Å²) in [5.74, 6) is 2.64. The van der Waals surface area contributed by atoms with Gasteiger partial charge in [0.1, 0.15) is 22.9 Å². The molecule has 1 N–H and O–H groups in total. The van der Waals surface area contributed by atoms with Gasteiger partial charge < -0.3 is 29.0 Å². The van der Waals surface area contributed by atoms with Gasteiger partial charge in [0.2, 0.25) is 5.91 Å². The van der Waals surface area contributed by atoms with Crippen LogP contribution in [0.3, 0.4) is 0 Å². The Hall–Kier alpha value is -4.37. The number of alkyl carbamates (subject to hydrolysis) is 1. The number of benzene rings is 3. The summed E-state index contributed by atoms with van der Waals surface area (Å²) >= 11 is 0. The molecule has 0 unspecified atom stereocenters. The van der Waals surface area contributed by atoms with E-state index in [-0.39, 0.29) is 18.2 Å². The van der Waals surface area contributed by atoms with Crippen molar-refractivity contribution in [3.05, 3.63) is 90.3 Å². The van der Waals surface area contributed by atoms with Crippen LogP contribution in [-0.2, 0) is 27.2 Å². The zero-order chi connectivity index (χ0) is 32.5. The standard InChI is InChI=1S/C37H46N4O5/c1-37(2,3)46-36(43)38-29(24-27-17-19-31(20-18-27)45-30-13-6-5-7-14-30)25-34(42)40-21-10-12-28(26-40)35-39-32-15-8-9-16-33(32)41(35)22-11-23-44-4/h5-9,13-20,28-29H,10-12,21-26H2,1-4H3,(H,38,43)/t28-,29-/m1/s1. The molecule has 3 aromatic carbocycles. The average Bonchev–Trinajstić information content (AvgIpc) is 3.40. The van der Waals surface area contributed by atoms with Gasteiger partial charge in [-0.3, -0.25) is 4.79 Å². The van der Waals surface area contributed by atoms with Crippen LogP contribution in [0.2, 0.25) is 0 Å². The summed E-state index contributed by atoms with van der Waals surface area (Å²) in [6.07, 6.45) is 2.85. The number of carbonyl (C=O) groups excluding carboxylic acids is 2. The lowest BCUT2D eigenvalue weighted by Gasteiger charge is -2.34. The number of ether oxygens (including phenoxy) is 3. The van der Waals surface area contributed by atoms with E-state index in [0.717, 1.165) is 59.7 Å². The fraction of sp³-hybridized carbons (Fsp3) is 0.432. The second-order valence-electron chi connectivity index (χ2n) is 12.9. The Balaban J connectivity index is 1.28. The van der Waals surface area contributed by atoms with Gasteiger partial charge in [0.15, 0.2) is 0 Å². The second kappa shape index (κ2) is 15.3. The highest BCUT2D eigenvalue weighted by Gasteiger charge is 2.30. The second-order valence-corrected chi connectivity index (χ2v) is 12.9. The molecule has 244 valence electrons. The number of rotatable bonds is 12. The van der Waals surface area contributed by atoms with Crippen molar-refractivity contribution in [2.45, 2.75) is 77.0 Å². The minimum absolute atomic E-state index is 0.0110. The van der Waals surface area contributed by atoms with Gasteiger partial charge in [0.05, 0.1) is 11.0 Å². The van der Waals surface area contributed by atoms with Crippen LogP contribution in [0.15, 0.2) is 78.9 Å². The van der Waals surface area contributed by atoms with Crippen LogP contribution in [0.5, 0.6) is 11.5 Å². The number of amides is 2. The van der Waals surface area contributed by atoms with E-state index in [4.69, 9.17) is 19.2 Å². The van der Waals surface area contributed by atoms with Gasteiger partial charge in [-0.15, -0.1) is 0 Å². The average molecular weight is 627 g/mol. The molecular formula is C37H46N4O5. The van der Waals surface area contributed by atoms with Crippen LogP contribution in [0.4, 0.5) is 4.79 Å². The molecule has 2 heterocycles. The van der Waals surface area contributed by atoms with E-state index < -0.39 is 17.7 Å². The number of carbonyl (C=O) groups is 2. The fourth-order valence-electron chi connectivity index (χ4n) is 6.01. The van der Waals surface area contributed by atoms with E-state index in [1.807, 2.05) is 98.5 Å². The number of methoxy groups -OCH3 is 1. The molecule has 2 atom stereocenters. The van der Waals surface area contributed by atoms with Crippen molar-refractivity contribution in [2.24, 2.45) is 0 Å². The van der Waals surface area contributed by atoms with Gasteiger partial charge in [0, 0.05) is 51.7 Å². The molecule has 0 bridgehead atoms. The fourth-order valence-corrected chi connectivity index (χ4v) is 6.01. The summed E-state index contributed by atoms with van der Waals surface area (Å²) < 4.78 is 19.1. The number of likely N-dealkylation sites (tertiary alicyclic amines) is 1. The van der Waals surface area contributed by atoms with E-state index in [9.17, 15) is 9.59 Å². The maximum Gasteiger partial charge on any atom is 0.407 e. The Morgan fingerprint density at radius 2 is 1.70 bits per heavy atom. The summed E-state index contributed by atoms with van der Waals surface area (Å²) in [6, 6.07) is 25.1. The molecule has 0 aliphatic carbocycles. The summed E-state index contributed by atoms with van der Waals surface area (Å²) in [5.41, 5.74) is 2.42. The summed E-state index contributed by atoms with van der Waals surface area (Å²) in [5, 5.41) is 2.98. The Bertz CT molecular complexity index is 1580. The van der Waals surface area contributed by atoms with E-state index in [1.54, 1.807) is 7.11 Å². The minimum atomic E-state index is -0.649. The predicted molar refractivity (Wildman–Crippen MR) is 179 cm³/mol. The van der Waals surface area contributed by atoms with E-state index in [2.05, 4.69) is 16.0 Å². The Kier molecular flexibility index (Phi) is 11.0. The monoisotopic (exact) mass is 626 g/mol. The molecule has 1 saturated heterocycles. The van der Waals surface area contributed by atoms with Gasteiger partial charge in [0.25, 0.3) is 0 Å². The van der Waals surface area contributed by atoms with Gasteiger partial charge in [-0.25, -0.2) is 9.78 Å². The highest BCUT2D eigenvalue weighted by Crippen LogP contribution is 2.30. The van der Waals surface area contributed by atoms with Gasteiger partial charge in [-0.1, -0.05) is 42.5 Å². The SMILES string of the molecule is COCCCn1c([C@@H]2CCCN(C(=O)C[C@@H](Cc3ccc(Oc4ccccc4)cc3)NC(=O)OC(C)(C)C)C2)nc2ccccc21. The largest absolute Gasteiger partial charge is 0.457 e. The number of piperidine rings is 1. The molecule has 1 aliphatic rings. The number of fused-ring (bicyclic) bond motifs is 1. The van der Waals surface area contributed by atoms with Crippen molar-refractivity contribution in [3.8, 4) is 11.5 Å². The molecular weight excluding hydrogens is 580 g/mol. The summed E-state index contributed by atoms with van der Waals surface area (Å²) in [4.78, 5) is 33.7. The van der Waals surface area contributed by atoms with E-state index in [1.165, 1.54) is 0 Å². The number of para-hydroxylation sites is 3. The molecule has 0 saturated carbocycles. The Labute approximate surface area is 271 Å². The molecule has 4 aromatic rings. The first kappa shape index (κ1) is 33.0. The Morgan fingerprint density at radius 3 is 2.43 bits per heavy atom. The van der Waals surface area contributed by atoms with Crippen LogP contribution >= 0.6 is 0 Å². The maximum absolute atomic E-state index is 13.8. The number of hydrogen-bond acceptors (Lipinski definition) is 6. The van der Waals surface area contributed by atoms with Crippen molar-refractivity contribution in [3.63, 3.8) is 0 Å². The van der Waals surface area contributed by atoms with Gasteiger partial charge >= 0.3 is 6.09 Å². The smallest absolute Gasteiger partial charge is 0.407 e. The third kappa shape index (κ3) is 9.10. The molecule has 0 radical (unpaired) electrons. The lowest BCUT2D eigenvalue weighted by Crippen LogP contribution is -2.46.